The number of aryl methyl sites for hydroxylation is 3. The predicted molar refractivity (Wildman–Crippen MR) is 98.5 cm³/mol. The van der Waals surface area contributed by atoms with E-state index in [2.05, 4.69) is 14.9 Å². The molecule has 0 unspecified atom stereocenters. The predicted octanol–water partition coefficient (Wildman–Crippen LogP) is 3.27. The largest absolute Gasteiger partial charge is 0.573 e. The quantitative estimate of drug-likeness (QED) is 0.513. The van der Waals surface area contributed by atoms with Gasteiger partial charge in [0.1, 0.15) is 5.75 Å². The van der Waals surface area contributed by atoms with Gasteiger partial charge in [0, 0.05) is 12.4 Å². The van der Waals surface area contributed by atoms with Gasteiger partial charge in [-0.15, -0.1) is 18.3 Å². The van der Waals surface area contributed by atoms with Gasteiger partial charge in [-0.2, -0.15) is 5.10 Å². The Labute approximate surface area is 162 Å². The molecule has 10 heteroatoms. The van der Waals surface area contributed by atoms with E-state index in [9.17, 15) is 18.0 Å². The summed E-state index contributed by atoms with van der Waals surface area (Å²) >= 11 is 0. The number of fused-ring (bicyclic) bond motifs is 1. The average Bonchev–Trinajstić information content (AvgIpc) is 3.22. The monoisotopic (exact) mass is 403 g/mol. The Hall–Kier alpha value is -3.56. The van der Waals surface area contributed by atoms with E-state index < -0.39 is 6.36 Å². The Kier molecular flexibility index (Phi) is 4.61. The normalized spacial score (nSPS) is 11.9. The molecule has 0 aliphatic rings. The van der Waals surface area contributed by atoms with Crippen molar-refractivity contribution in [3.05, 3.63) is 71.0 Å². The first-order valence-electron chi connectivity index (χ1n) is 8.74. The van der Waals surface area contributed by atoms with Crippen LogP contribution in [-0.2, 0) is 13.1 Å². The second-order valence-electron chi connectivity index (χ2n) is 6.44. The fraction of sp³-hybridized carbons (Fsp3) is 0.211. The van der Waals surface area contributed by atoms with E-state index in [0.717, 1.165) is 5.69 Å². The van der Waals surface area contributed by atoms with Crippen molar-refractivity contribution in [3.63, 3.8) is 0 Å². The number of hydrogen-bond acceptors (Lipinski definition) is 4. The molecule has 4 rings (SSSR count). The highest BCUT2D eigenvalue weighted by molar-refractivity contribution is 5.65. The standard InChI is InChI=1S/C19H16F3N5O2/c1-13-8-9-25(23-13)10-11-27-18(28)26-12-15(4-7-17(26)24-27)14-2-5-16(6-3-14)29-19(20,21)22/h2-9,12H,10-11H2,1H3. The number of benzene rings is 1. The third-order valence-electron chi connectivity index (χ3n) is 4.31. The van der Waals surface area contributed by atoms with Gasteiger partial charge in [-0.25, -0.2) is 13.9 Å². The molecule has 3 heterocycles. The van der Waals surface area contributed by atoms with E-state index in [0.29, 0.717) is 29.9 Å². The summed E-state index contributed by atoms with van der Waals surface area (Å²) in [5, 5.41) is 8.58. The fourth-order valence-corrected chi connectivity index (χ4v) is 2.97. The smallest absolute Gasteiger partial charge is 0.406 e. The van der Waals surface area contributed by atoms with Gasteiger partial charge >= 0.3 is 12.1 Å². The third-order valence-corrected chi connectivity index (χ3v) is 4.31. The van der Waals surface area contributed by atoms with Crippen LogP contribution in [0, 0.1) is 6.92 Å². The van der Waals surface area contributed by atoms with Crippen LogP contribution in [0.4, 0.5) is 13.2 Å². The summed E-state index contributed by atoms with van der Waals surface area (Å²) < 4.78 is 45.2. The van der Waals surface area contributed by atoms with Crippen molar-refractivity contribution in [1.29, 1.82) is 0 Å². The molecule has 0 atom stereocenters. The Morgan fingerprint density at radius 3 is 2.34 bits per heavy atom. The van der Waals surface area contributed by atoms with Crippen LogP contribution in [0.3, 0.4) is 0 Å². The summed E-state index contributed by atoms with van der Waals surface area (Å²) in [6, 6.07) is 10.8. The summed E-state index contributed by atoms with van der Waals surface area (Å²) in [6.07, 6.45) is -1.30. The minimum absolute atomic E-state index is 0.303. The van der Waals surface area contributed by atoms with E-state index in [1.54, 1.807) is 23.0 Å². The highest BCUT2D eigenvalue weighted by Gasteiger charge is 2.30. The lowest BCUT2D eigenvalue weighted by atomic mass is 10.1. The van der Waals surface area contributed by atoms with Gasteiger partial charge in [0.05, 0.1) is 18.8 Å². The van der Waals surface area contributed by atoms with E-state index in [-0.39, 0.29) is 11.4 Å². The number of alkyl halides is 3. The maximum atomic E-state index is 12.6. The van der Waals surface area contributed by atoms with E-state index in [1.165, 1.54) is 33.3 Å². The van der Waals surface area contributed by atoms with Gasteiger partial charge < -0.3 is 4.74 Å². The number of nitrogens with zero attached hydrogens (tertiary/aromatic N) is 5. The highest BCUT2D eigenvalue weighted by Crippen LogP contribution is 2.26. The lowest BCUT2D eigenvalue weighted by Gasteiger charge is -2.09. The molecule has 0 saturated heterocycles. The number of hydrogen-bond donors (Lipinski definition) is 0. The lowest BCUT2D eigenvalue weighted by Crippen LogP contribution is -2.23. The van der Waals surface area contributed by atoms with Gasteiger partial charge in [-0.1, -0.05) is 12.1 Å². The molecule has 0 radical (unpaired) electrons. The van der Waals surface area contributed by atoms with Gasteiger partial charge in [-0.05, 0) is 48.4 Å². The molecule has 4 aromatic rings. The van der Waals surface area contributed by atoms with Crippen molar-refractivity contribution in [1.82, 2.24) is 24.0 Å². The van der Waals surface area contributed by atoms with Crippen molar-refractivity contribution >= 4 is 5.65 Å². The molecule has 0 N–H and O–H groups in total. The molecule has 7 nitrogen and oxygen atoms in total. The van der Waals surface area contributed by atoms with Crippen LogP contribution in [0.25, 0.3) is 16.8 Å². The first-order chi connectivity index (χ1) is 13.8. The number of aromatic nitrogens is 5. The third kappa shape index (κ3) is 4.15. The zero-order valence-corrected chi connectivity index (χ0v) is 15.3. The molecule has 0 fully saturated rings. The Morgan fingerprint density at radius 2 is 1.69 bits per heavy atom. The molecule has 150 valence electrons. The minimum Gasteiger partial charge on any atom is -0.406 e. The van der Waals surface area contributed by atoms with Gasteiger partial charge in [0.15, 0.2) is 5.65 Å². The van der Waals surface area contributed by atoms with Crippen LogP contribution in [0.2, 0.25) is 0 Å². The van der Waals surface area contributed by atoms with Crippen molar-refractivity contribution in [2.45, 2.75) is 26.4 Å². The molecule has 0 amide bonds. The summed E-state index contributed by atoms with van der Waals surface area (Å²) in [4.78, 5) is 12.6. The van der Waals surface area contributed by atoms with Crippen LogP contribution in [0.15, 0.2) is 59.7 Å². The summed E-state index contributed by atoms with van der Waals surface area (Å²) in [7, 11) is 0. The fourth-order valence-electron chi connectivity index (χ4n) is 2.97. The van der Waals surface area contributed by atoms with Crippen molar-refractivity contribution in [2.24, 2.45) is 0 Å². The molecule has 29 heavy (non-hydrogen) atoms. The van der Waals surface area contributed by atoms with Gasteiger partial charge in [0.25, 0.3) is 0 Å². The molecule has 0 aliphatic heterocycles. The maximum absolute atomic E-state index is 12.6. The summed E-state index contributed by atoms with van der Waals surface area (Å²) in [5.41, 5.74) is 2.38. The topological polar surface area (TPSA) is 66.3 Å². The van der Waals surface area contributed by atoms with Crippen LogP contribution >= 0.6 is 0 Å². The van der Waals surface area contributed by atoms with Crippen LogP contribution in [-0.4, -0.2) is 30.3 Å². The van der Waals surface area contributed by atoms with Crippen molar-refractivity contribution in [2.75, 3.05) is 0 Å². The van der Waals surface area contributed by atoms with E-state index >= 15 is 0 Å². The van der Waals surface area contributed by atoms with Crippen molar-refractivity contribution in [3.8, 4) is 16.9 Å². The molecule has 0 bridgehead atoms. The lowest BCUT2D eigenvalue weighted by molar-refractivity contribution is -0.274. The van der Waals surface area contributed by atoms with E-state index in [4.69, 9.17) is 0 Å². The minimum atomic E-state index is -4.74. The van der Waals surface area contributed by atoms with Crippen LogP contribution in [0.1, 0.15) is 5.69 Å². The number of pyridine rings is 1. The first-order valence-corrected chi connectivity index (χ1v) is 8.74. The Balaban J connectivity index is 1.57. The second-order valence-corrected chi connectivity index (χ2v) is 6.44. The summed E-state index contributed by atoms with van der Waals surface area (Å²) in [5.74, 6) is -0.304. The van der Waals surface area contributed by atoms with Gasteiger partial charge in [-0.3, -0.25) is 4.68 Å². The maximum Gasteiger partial charge on any atom is 0.573 e. The molecular formula is C19H16F3N5O2. The molecule has 1 aromatic carbocycles. The molecule has 0 spiro atoms. The van der Waals surface area contributed by atoms with Crippen LogP contribution < -0.4 is 10.4 Å². The number of ether oxygens (including phenoxy) is 1. The molecule has 3 aromatic heterocycles. The number of halogens is 3. The van der Waals surface area contributed by atoms with E-state index in [1.807, 2.05) is 19.2 Å². The Bertz CT molecular complexity index is 1210. The summed E-state index contributed by atoms with van der Waals surface area (Å²) in [6.45, 7) is 2.75. The number of rotatable bonds is 5. The molecule has 0 aliphatic carbocycles. The molecular weight excluding hydrogens is 387 g/mol. The molecule has 0 saturated carbocycles. The SMILES string of the molecule is Cc1ccn(CCn2nc3ccc(-c4ccc(OC(F)(F)F)cc4)cn3c2=O)n1. The highest BCUT2D eigenvalue weighted by atomic mass is 19.4. The van der Waals surface area contributed by atoms with Crippen molar-refractivity contribution < 1.29 is 17.9 Å². The zero-order valence-electron chi connectivity index (χ0n) is 15.3. The second kappa shape index (κ2) is 7.12. The first kappa shape index (κ1) is 18.8. The van der Waals surface area contributed by atoms with Crippen LogP contribution in [0.5, 0.6) is 5.75 Å². The average molecular weight is 403 g/mol. The Morgan fingerprint density at radius 1 is 0.966 bits per heavy atom. The zero-order chi connectivity index (χ0) is 20.6. The van der Waals surface area contributed by atoms with Gasteiger partial charge in [0.2, 0.25) is 0 Å².